The molecule has 7 nitrogen and oxygen atoms in total. The Hall–Kier alpha value is -2.53. The number of hydrogen-bond acceptors (Lipinski definition) is 4. The molecule has 1 aromatic heterocycles. The zero-order valence-corrected chi connectivity index (χ0v) is 16.3. The lowest BCUT2D eigenvalue weighted by Crippen LogP contribution is -2.45. The van der Waals surface area contributed by atoms with Crippen molar-refractivity contribution in [1.29, 1.82) is 5.26 Å². The van der Waals surface area contributed by atoms with Crippen molar-refractivity contribution in [2.75, 3.05) is 5.32 Å². The minimum Gasteiger partial charge on any atom is -0.328 e. The molecule has 0 fully saturated rings. The predicted molar refractivity (Wildman–Crippen MR) is 107 cm³/mol. The van der Waals surface area contributed by atoms with Crippen LogP contribution in [0.15, 0.2) is 53.8 Å². The van der Waals surface area contributed by atoms with E-state index in [-0.39, 0.29) is 5.96 Å². The number of hydrogen-bond donors (Lipinski definition) is 3. The Labute approximate surface area is 171 Å². The highest BCUT2D eigenvalue weighted by Crippen LogP contribution is 2.26. The second kappa shape index (κ2) is 9.42. The molecule has 140 valence electrons. The number of nitrogens with one attached hydrogen (secondary N) is 3. The van der Waals surface area contributed by atoms with Gasteiger partial charge in [-0.3, -0.25) is 15.1 Å². The highest BCUT2D eigenvalue weighted by Gasteiger charge is 2.32. The lowest BCUT2D eigenvalue weighted by atomic mass is 10.2. The summed E-state index contributed by atoms with van der Waals surface area (Å²) in [6.07, 6.45) is 3.84. The average molecular weight is 426 g/mol. The van der Waals surface area contributed by atoms with Crippen LogP contribution in [-0.2, 0) is 0 Å². The lowest BCUT2D eigenvalue weighted by molar-refractivity contribution is 0.0935. The molecule has 2 aromatic rings. The van der Waals surface area contributed by atoms with Crippen LogP contribution in [-0.4, -0.2) is 27.3 Å². The smallest absolute Gasteiger partial charge is 0.253 e. The van der Waals surface area contributed by atoms with Gasteiger partial charge in [0.05, 0.1) is 0 Å². The Morgan fingerprint density at radius 1 is 1.22 bits per heavy atom. The fourth-order valence-corrected chi connectivity index (χ4v) is 2.26. The second-order valence-corrected chi connectivity index (χ2v) is 7.61. The first-order valence-corrected chi connectivity index (χ1v) is 8.77. The van der Waals surface area contributed by atoms with Gasteiger partial charge in [0.1, 0.15) is 0 Å². The Morgan fingerprint density at radius 2 is 1.85 bits per heavy atom. The summed E-state index contributed by atoms with van der Waals surface area (Å²) in [7, 11) is 0. The van der Waals surface area contributed by atoms with E-state index in [1.165, 1.54) is 6.92 Å². The van der Waals surface area contributed by atoms with Gasteiger partial charge in [-0.05, 0) is 43.3 Å². The predicted octanol–water partition coefficient (Wildman–Crippen LogP) is 3.52. The van der Waals surface area contributed by atoms with Gasteiger partial charge in [-0.15, -0.1) is 0 Å². The van der Waals surface area contributed by atoms with Crippen molar-refractivity contribution < 1.29 is 4.79 Å². The molecule has 2 rings (SSSR count). The maximum Gasteiger partial charge on any atom is 0.253 e. The molecular formula is C17H15Cl3N6O. The van der Waals surface area contributed by atoms with E-state index < -0.39 is 16.4 Å². The minimum absolute atomic E-state index is 0.0534. The molecule has 1 amide bonds. The number of alkyl halides is 2. The monoisotopic (exact) mass is 424 g/mol. The number of benzene rings is 1. The number of aromatic nitrogens is 1. The van der Waals surface area contributed by atoms with Gasteiger partial charge in [0.25, 0.3) is 5.91 Å². The fourth-order valence-electron chi connectivity index (χ4n) is 1.93. The topological polar surface area (TPSA) is 102 Å². The number of anilines is 1. The molecule has 1 aromatic carbocycles. The van der Waals surface area contributed by atoms with E-state index in [1.54, 1.807) is 55.0 Å². The number of aliphatic imine (C=N–C) groups is 1. The summed E-state index contributed by atoms with van der Waals surface area (Å²) in [5.41, 5.74) is 0.981. The molecule has 0 aliphatic heterocycles. The summed E-state index contributed by atoms with van der Waals surface area (Å²) in [5.74, 6) is -0.397. The van der Waals surface area contributed by atoms with E-state index in [4.69, 9.17) is 40.1 Å². The molecule has 0 bridgehead atoms. The van der Waals surface area contributed by atoms with Crippen LogP contribution in [0.1, 0.15) is 17.3 Å². The van der Waals surface area contributed by atoms with Crippen LogP contribution in [0.25, 0.3) is 0 Å². The van der Waals surface area contributed by atoms with Crippen LogP contribution in [0.4, 0.5) is 5.69 Å². The lowest BCUT2D eigenvalue weighted by Gasteiger charge is -2.25. The Bertz CT molecular complexity index is 844. The van der Waals surface area contributed by atoms with Crippen LogP contribution >= 0.6 is 34.8 Å². The number of guanidine groups is 1. The maximum atomic E-state index is 12.5. The molecule has 0 radical (unpaired) electrons. The van der Waals surface area contributed by atoms with Gasteiger partial charge >= 0.3 is 0 Å². The van der Waals surface area contributed by atoms with Crippen LogP contribution < -0.4 is 16.0 Å². The Kier molecular flexibility index (Phi) is 7.25. The summed E-state index contributed by atoms with van der Waals surface area (Å²) in [4.78, 5) is 20.6. The molecule has 0 aliphatic carbocycles. The number of pyridine rings is 1. The van der Waals surface area contributed by atoms with Gasteiger partial charge in [-0.1, -0.05) is 34.8 Å². The number of rotatable bonds is 5. The molecule has 1 unspecified atom stereocenters. The number of nitrogens with zero attached hydrogens (tertiary/aromatic N) is 3. The van der Waals surface area contributed by atoms with Gasteiger partial charge in [0.2, 0.25) is 5.96 Å². The minimum atomic E-state index is -1.45. The summed E-state index contributed by atoms with van der Waals surface area (Å²) in [6.45, 7) is 1.48. The van der Waals surface area contributed by atoms with E-state index in [1.807, 2.05) is 0 Å². The standard InChI is InChI=1S/C17H15Cl3N6O/c1-17(19,20)15(25-14(27)11-2-4-12(18)5-3-11)26-16(23-10-21)24-13-6-8-22-9-7-13/h2-9,15H,1H3,(H,25,27)(H2,22,23,24,26). The number of carbonyl (C=O) groups excluding carboxylic acids is 1. The third kappa shape index (κ3) is 6.61. The van der Waals surface area contributed by atoms with Crippen molar-refractivity contribution in [3.05, 3.63) is 59.4 Å². The Balaban J connectivity index is 2.25. The van der Waals surface area contributed by atoms with Crippen molar-refractivity contribution in [2.45, 2.75) is 17.4 Å². The normalized spacial score (nSPS) is 12.6. The first-order chi connectivity index (χ1) is 12.8. The van der Waals surface area contributed by atoms with E-state index in [9.17, 15) is 4.79 Å². The number of nitriles is 1. The highest BCUT2D eigenvalue weighted by molar-refractivity contribution is 6.48. The quantitative estimate of drug-likeness (QED) is 0.224. The van der Waals surface area contributed by atoms with Gasteiger partial charge in [0, 0.05) is 28.7 Å². The fraction of sp³-hybridized carbons (Fsp3) is 0.176. The third-order valence-corrected chi connectivity index (χ3v) is 3.90. The second-order valence-electron chi connectivity index (χ2n) is 5.41. The average Bonchev–Trinajstić information content (AvgIpc) is 2.62. The SMILES string of the molecule is CC(Cl)(Cl)C(/N=C(\NC#N)Nc1ccncc1)NC(=O)c1ccc(Cl)cc1. The summed E-state index contributed by atoms with van der Waals surface area (Å²) >= 11 is 18.2. The first kappa shape index (κ1) is 20.8. The molecule has 1 atom stereocenters. The number of halogens is 3. The first-order valence-electron chi connectivity index (χ1n) is 7.64. The van der Waals surface area contributed by atoms with Crippen LogP contribution in [0.5, 0.6) is 0 Å². The molecule has 0 saturated heterocycles. The molecule has 3 N–H and O–H groups in total. The van der Waals surface area contributed by atoms with Crippen molar-refractivity contribution in [3.8, 4) is 6.19 Å². The van der Waals surface area contributed by atoms with Crippen molar-refractivity contribution in [1.82, 2.24) is 15.6 Å². The molecular weight excluding hydrogens is 411 g/mol. The van der Waals surface area contributed by atoms with Gasteiger partial charge < -0.3 is 10.6 Å². The van der Waals surface area contributed by atoms with Crippen molar-refractivity contribution in [3.63, 3.8) is 0 Å². The molecule has 27 heavy (non-hydrogen) atoms. The van der Waals surface area contributed by atoms with Crippen LogP contribution in [0, 0.1) is 11.5 Å². The van der Waals surface area contributed by atoms with E-state index in [2.05, 4.69) is 25.9 Å². The van der Waals surface area contributed by atoms with Crippen LogP contribution in [0.3, 0.4) is 0 Å². The van der Waals surface area contributed by atoms with Gasteiger partial charge in [-0.25, -0.2) is 4.99 Å². The summed E-state index contributed by atoms with van der Waals surface area (Å²) in [6, 6.07) is 9.64. The summed E-state index contributed by atoms with van der Waals surface area (Å²) < 4.78 is -1.45. The number of carbonyl (C=O) groups is 1. The van der Waals surface area contributed by atoms with Gasteiger partial charge in [-0.2, -0.15) is 5.26 Å². The third-order valence-electron chi connectivity index (χ3n) is 3.23. The largest absolute Gasteiger partial charge is 0.328 e. The molecule has 10 heteroatoms. The molecule has 0 aliphatic rings. The number of amides is 1. The van der Waals surface area contributed by atoms with E-state index in [0.717, 1.165) is 0 Å². The summed E-state index contributed by atoms with van der Waals surface area (Å²) in [5, 5.41) is 17.4. The molecule has 0 spiro atoms. The van der Waals surface area contributed by atoms with E-state index in [0.29, 0.717) is 16.3 Å². The maximum absolute atomic E-state index is 12.5. The molecule has 0 saturated carbocycles. The van der Waals surface area contributed by atoms with Crippen LogP contribution in [0.2, 0.25) is 5.02 Å². The van der Waals surface area contributed by atoms with Crippen molar-refractivity contribution in [2.24, 2.45) is 4.99 Å². The molecule has 1 heterocycles. The zero-order valence-electron chi connectivity index (χ0n) is 14.1. The highest BCUT2D eigenvalue weighted by atomic mass is 35.5. The van der Waals surface area contributed by atoms with Gasteiger partial charge in [0.15, 0.2) is 16.7 Å². The van der Waals surface area contributed by atoms with E-state index >= 15 is 0 Å². The zero-order chi connectivity index (χ0) is 19.9. The van der Waals surface area contributed by atoms with Crippen molar-refractivity contribution >= 4 is 52.4 Å². The Morgan fingerprint density at radius 3 is 2.41 bits per heavy atom.